The van der Waals surface area contributed by atoms with Gasteiger partial charge in [-0.2, -0.15) is 0 Å². The fourth-order valence-electron chi connectivity index (χ4n) is 2.32. The number of benzene rings is 1. The first-order valence-corrected chi connectivity index (χ1v) is 8.99. The van der Waals surface area contributed by atoms with Crippen molar-refractivity contribution in [1.29, 1.82) is 0 Å². The van der Waals surface area contributed by atoms with Crippen LogP contribution in [-0.4, -0.2) is 50.1 Å². The Kier molecular flexibility index (Phi) is 9.26. The molecule has 1 rings (SSSR count). The van der Waals surface area contributed by atoms with Crippen LogP contribution in [0.15, 0.2) is 18.2 Å². The van der Waals surface area contributed by atoms with Crippen LogP contribution in [-0.2, 0) is 16.0 Å². The van der Waals surface area contributed by atoms with E-state index < -0.39 is 12.0 Å². The van der Waals surface area contributed by atoms with Crippen LogP contribution in [0.25, 0.3) is 0 Å². The molecule has 136 valence electrons. The van der Waals surface area contributed by atoms with Crippen LogP contribution in [0, 0.1) is 0 Å². The fraction of sp³-hybridized carbons (Fsp3) is 0.588. The number of carbonyl (C=O) groups is 1. The maximum atomic E-state index is 11.9. The third kappa shape index (κ3) is 6.38. The predicted molar refractivity (Wildman–Crippen MR) is 99.6 cm³/mol. The van der Waals surface area contributed by atoms with Gasteiger partial charge in [0.15, 0.2) is 0 Å². The number of rotatable bonds is 10. The third-order valence-electron chi connectivity index (χ3n) is 3.40. The summed E-state index contributed by atoms with van der Waals surface area (Å²) in [6, 6.07) is 5.01. The highest BCUT2D eigenvalue weighted by atomic mass is 35.5. The summed E-state index contributed by atoms with van der Waals surface area (Å²) in [7, 11) is 1.61. The third-order valence-corrected chi connectivity index (χ3v) is 3.74. The summed E-state index contributed by atoms with van der Waals surface area (Å²) < 4.78 is 10.6. The molecule has 0 bridgehead atoms. The Morgan fingerprint density at radius 3 is 2.38 bits per heavy atom. The SMILES string of the molecule is COc1ccc(C[C@@H](N)C(=O)OC(C)C)cc1N(CCCl)CCCl. The minimum absolute atomic E-state index is 0.182. The molecule has 0 radical (unpaired) electrons. The van der Waals surface area contributed by atoms with Gasteiger partial charge in [-0.1, -0.05) is 6.07 Å². The van der Waals surface area contributed by atoms with E-state index in [1.807, 2.05) is 18.2 Å². The molecule has 0 aliphatic rings. The van der Waals surface area contributed by atoms with E-state index in [0.29, 0.717) is 31.3 Å². The van der Waals surface area contributed by atoms with Gasteiger partial charge < -0.3 is 20.1 Å². The average molecular weight is 377 g/mol. The van der Waals surface area contributed by atoms with Crippen LogP contribution in [0.5, 0.6) is 5.75 Å². The summed E-state index contributed by atoms with van der Waals surface area (Å²) >= 11 is 11.8. The molecule has 0 heterocycles. The molecule has 0 spiro atoms. The minimum atomic E-state index is -0.705. The Morgan fingerprint density at radius 1 is 1.25 bits per heavy atom. The van der Waals surface area contributed by atoms with E-state index in [2.05, 4.69) is 4.90 Å². The van der Waals surface area contributed by atoms with Crippen LogP contribution in [0.4, 0.5) is 5.69 Å². The Labute approximate surface area is 154 Å². The van der Waals surface area contributed by atoms with Crippen molar-refractivity contribution >= 4 is 34.9 Å². The number of nitrogens with zero attached hydrogens (tertiary/aromatic N) is 1. The Morgan fingerprint density at radius 2 is 1.88 bits per heavy atom. The lowest BCUT2D eigenvalue weighted by molar-refractivity contribution is -0.148. The first-order chi connectivity index (χ1) is 11.4. The van der Waals surface area contributed by atoms with Gasteiger partial charge in [0.25, 0.3) is 0 Å². The first-order valence-electron chi connectivity index (χ1n) is 7.92. The predicted octanol–water partition coefficient (Wildman–Crippen LogP) is 2.80. The molecular formula is C17H26Cl2N2O3. The maximum absolute atomic E-state index is 11.9. The fourth-order valence-corrected chi connectivity index (χ4v) is 2.73. The van der Waals surface area contributed by atoms with E-state index in [-0.39, 0.29) is 6.10 Å². The molecule has 0 saturated carbocycles. The molecule has 0 amide bonds. The molecule has 24 heavy (non-hydrogen) atoms. The van der Waals surface area contributed by atoms with Gasteiger partial charge in [-0.15, -0.1) is 23.2 Å². The topological polar surface area (TPSA) is 64.8 Å². The number of hydrogen-bond acceptors (Lipinski definition) is 5. The first kappa shape index (κ1) is 20.9. The van der Waals surface area contributed by atoms with Crippen LogP contribution >= 0.6 is 23.2 Å². The van der Waals surface area contributed by atoms with Gasteiger partial charge >= 0.3 is 5.97 Å². The van der Waals surface area contributed by atoms with Crippen LogP contribution in [0.3, 0.4) is 0 Å². The number of nitrogens with two attached hydrogens (primary N) is 1. The van der Waals surface area contributed by atoms with Crippen molar-refractivity contribution in [3.8, 4) is 5.75 Å². The second-order valence-electron chi connectivity index (χ2n) is 5.67. The van der Waals surface area contributed by atoms with E-state index in [9.17, 15) is 4.79 Å². The van der Waals surface area contributed by atoms with Gasteiger partial charge in [0.05, 0.1) is 18.9 Å². The second-order valence-corrected chi connectivity index (χ2v) is 6.42. The van der Waals surface area contributed by atoms with E-state index in [1.165, 1.54) is 0 Å². The molecule has 0 aliphatic heterocycles. The molecule has 7 heteroatoms. The number of carbonyl (C=O) groups excluding carboxylic acids is 1. The van der Waals surface area contributed by atoms with E-state index in [1.54, 1.807) is 21.0 Å². The quantitative estimate of drug-likeness (QED) is 0.502. The molecule has 5 nitrogen and oxygen atoms in total. The van der Waals surface area contributed by atoms with Crippen molar-refractivity contribution in [3.05, 3.63) is 23.8 Å². The van der Waals surface area contributed by atoms with Crippen molar-refractivity contribution < 1.29 is 14.3 Å². The van der Waals surface area contributed by atoms with Crippen molar-refractivity contribution in [2.45, 2.75) is 32.4 Å². The van der Waals surface area contributed by atoms with Crippen LogP contribution in [0.1, 0.15) is 19.4 Å². The number of methoxy groups -OCH3 is 1. The Hall–Kier alpha value is -1.17. The summed E-state index contributed by atoms with van der Waals surface area (Å²) in [5, 5.41) is 0. The number of alkyl halides is 2. The highest BCUT2D eigenvalue weighted by molar-refractivity contribution is 6.18. The summed E-state index contributed by atoms with van der Waals surface area (Å²) in [5.41, 5.74) is 7.76. The highest BCUT2D eigenvalue weighted by Gasteiger charge is 2.19. The summed E-state index contributed by atoms with van der Waals surface area (Å²) in [6.45, 7) is 4.89. The van der Waals surface area contributed by atoms with Crippen molar-refractivity contribution in [2.24, 2.45) is 5.73 Å². The number of halogens is 2. The van der Waals surface area contributed by atoms with Crippen LogP contribution < -0.4 is 15.4 Å². The second kappa shape index (κ2) is 10.6. The molecule has 0 aromatic heterocycles. The van der Waals surface area contributed by atoms with E-state index in [0.717, 1.165) is 17.0 Å². The molecular weight excluding hydrogens is 351 g/mol. The molecule has 0 unspecified atom stereocenters. The van der Waals surface area contributed by atoms with Gasteiger partial charge in [-0.25, -0.2) is 0 Å². The van der Waals surface area contributed by atoms with E-state index in [4.69, 9.17) is 38.4 Å². The molecule has 0 fully saturated rings. The monoisotopic (exact) mass is 376 g/mol. The molecule has 2 N–H and O–H groups in total. The zero-order valence-corrected chi connectivity index (χ0v) is 15.9. The van der Waals surface area contributed by atoms with Crippen molar-refractivity contribution in [2.75, 3.05) is 36.9 Å². The lowest BCUT2D eigenvalue weighted by Crippen LogP contribution is -2.35. The average Bonchev–Trinajstić information content (AvgIpc) is 2.54. The number of esters is 1. The van der Waals surface area contributed by atoms with Crippen molar-refractivity contribution in [1.82, 2.24) is 0 Å². The van der Waals surface area contributed by atoms with Crippen molar-refractivity contribution in [3.63, 3.8) is 0 Å². The summed E-state index contributed by atoms with van der Waals surface area (Å²) in [5.74, 6) is 1.28. The van der Waals surface area contributed by atoms with Gasteiger partial charge in [-0.3, -0.25) is 4.79 Å². The Balaban J connectivity index is 2.97. The van der Waals surface area contributed by atoms with Gasteiger partial charge in [0, 0.05) is 24.8 Å². The standard InChI is InChI=1S/C17H26Cl2N2O3/c1-12(2)24-17(22)14(20)10-13-4-5-16(23-3)15(11-13)21(8-6-18)9-7-19/h4-5,11-12,14H,6-10,20H2,1-3H3/t14-/m1/s1. The normalized spacial score (nSPS) is 12.1. The lowest BCUT2D eigenvalue weighted by Gasteiger charge is -2.25. The molecule has 0 saturated heterocycles. The van der Waals surface area contributed by atoms with Gasteiger partial charge in [0.1, 0.15) is 11.8 Å². The Bertz CT molecular complexity index is 521. The largest absolute Gasteiger partial charge is 0.495 e. The maximum Gasteiger partial charge on any atom is 0.323 e. The summed E-state index contributed by atoms with van der Waals surface area (Å²) in [4.78, 5) is 13.9. The zero-order chi connectivity index (χ0) is 18.1. The lowest BCUT2D eigenvalue weighted by atomic mass is 10.0. The number of hydrogen-bond donors (Lipinski definition) is 1. The zero-order valence-electron chi connectivity index (χ0n) is 14.4. The van der Waals surface area contributed by atoms with Gasteiger partial charge in [-0.05, 0) is 38.0 Å². The smallest absolute Gasteiger partial charge is 0.323 e. The van der Waals surface area contributed by atoms with Gasteiger partial charge in [0.2, 0.25) is 0 Å². The molecule has 1 atom stereocenters. The molecule has 0 aliphatic carbocycles. The van der Waals surface area contributed by atoms with E-state index >= 15 is 0 Å². The highest BCUT2D eigenvalue weighted by Crippen LogP contribution is 2.30. The molecule has 1 aromatic rings. The number of ether oxygens (including phenoxy) is 2. The van der Waals surface area contributed by atoms with Crippen LogP contribution in [0.2, 0.25) is 0 Å². The number of anilines is 1. The minimum Gasteiger partial charge on any atom is -0.495 e. The summed E-state index contributed by atoms with van der Waals surface area (Å²) in [6.07, 6.45) is 0.205. The molecule has 1 aromatic carbocycles.